The maximum Gasteiger partial charge on any atom is 0.254 e. The van der Waals surface area contributed by atoms with Crippen LogP contribution in [0.2, 0.25) is 0 Å². The first-order valence-electron chi connectivity index (χ1n) is 8.42. The molecule has 2 aromatic carbocycles. The SMILES string of the molecule is Cc1ccc(CN(C(=O)CNC(=O)c2ccccc2F)C2CC2)cc1. The van der Waals surface area contributed by atoms with E-state index in [-0.39, 0.29) is 24.1 Å². The van der Waals surface area contributed by atoms with Gasteiger partial charge in [-0.3, -0.25) is 9.59 Å². The number of halogens is 1. The van der Waals surface area contributed by atoms with Gasteiger partial charge in [0.15, 0.2) is 0 Å². The van der Waals surface area contributed by atoms with E-state index < -0.39 is 11.7 Å². The third-order valence-corrected chi connectivity index (χ3v) is 4.30. The van der Waals surface area contributed by atoms with Gasteiger partial charge in [0, 0.05) is 12.6 Å². The molecule has 130 valence electrons. The second kappa shape index (κ2) is 7.47. The van der Waals surface area contributed by atoms with E-state index in [1.165, 1.54) is 23.8 Å². The molecule has 0 unspecified atom stereocenters. The van der Waals surface area contributed by atoms with E-state index in [0.29, 0.717) is 6.54 Å². The fourth-order valence-corrected chi connectivity index (χ4v) is 2.70. The van der Waals surface area contributed by atoms with Crippen molar-refractivity contribution in [3.05, 3.63) is 71.0 Å². The van der Waals surface area contributed by atoms with E-state index in [1.54, 1.807) is 11.0 Å². The summed E-state index contributed by atoms with van der Waals surface area (Å²) in [6.07, 6.45) is 1.97. The van der Waals surface area contributed by atoms with Crippen molar-refractivity contribution in [3.8, 4) is 0 Å². The molecule has 2 aromatic rings. The van der Waals surface area contributed by atoms with Gasteiger partial charge in [0.2, 0.25) is 5.91 Å². The zero-order valence-corrected chi connectivity index (χ0v) is 14.2. The molecule has 3 rings (SSSR count). The predicted molar refractivity (Wildman–Crippen MR) is 93.5 cm³/mol. The second-order valence-corrected chi connectivity index (χ2v) is 6.40. The first kappa shape index (κ1) is 17.1. The van der Waals surface area contributed by atoms with Crippen LogP contribution in [0.1, 0.15) is 34.3 Å². The molecule has 0 atom stereocenters. The van der Waals surface area contributed by atoms with Crippen molar-refractivity contribution in [1.82, 2.24) is 10.2 Å². The Morgan fingerprint density at radius 3 is 2.44 bits per heavy atom. The first-order valence-corrected chi connectivity index (χ1v) is 8.42. The number of rotatable bonds is 6. The molecule has 0 spiro atoms. The van der Waals surface area contributed by atoms with Gasteiger partial charge in [-0.25, -0.2) is 4.39 Å². The predicted octanol–water partition coefficient (Wildman–Crippen LogP) is 3.06. The fraction of sp³-hybridized carbons (Fsp3) is 0.300. The number of hydrogen-bond donors (Lipinski definition) is 1. The molecule has 1 N–H and O–H groups in total. The van der Waals surface area contributed by atoms with Crippen LogP contribution in [0.15, 0.2) is 48.5 Å². The summed E-state index contributed by atoms with van der Waals surface area (Å²) in [7, 11) is 0. The number of hydrogen-bond acceptors (Lipinski definition) is 2. The van der Waals surface area contributed by atoms with Crippen LogP contribution < -0.4 is 5.32 Å². The number of benzene rings is 2. The summed E-state index contributed by atoms with van der Waals surface area (Å²) < 4.78 is 13.6. The van der Waals surface area contributed by atoms with Gasteiger partial charge in [-0.15, -0.1) is 0 Å². The summed E-state index contributed by atoms with van der Waals surface area (Å²) in [6.45, 7) is 2.42. The van der Waals surface area contributed by atoms with Crippen molar-refractivity contribution in [1.29, 1.82) is 0 Å². The Kier molecular flexibility index (Phi) is 5.12. The van der Waals surface area contributed by atoms with Gasteiger partial charge in [-0.1, -0.05) is 42.0 Å². The van der Waals surface area contributed by atoms with Gasteiger partial charge in [0.05, 0.1) is 12.1 Å². The minimum atomic E-state index is -0.592. The molecule has 0 heterocycles. The third-order valence-electron chi connectivity index (χ3n) is 4.30. The first-order chi connectivity index (χ1) is 12.0. The smallest absolute Gasteiger partial charge is 0.254 e. The summed E-state index contributed by atoms with van der Waals surface area (Å²) in [5.74, 6) is -1.31. The molecule has 0 aliphatic heterocycles. The fourth-order valence-electron chi connectivity index (χ4n) is 2.70. The molecule has 0 radical (unpaired) electrons. The number of carbonyl (C=O) groups excluding carboxylic acids is 2. The molecule has 2 amide bonds. The van der Waals surface area contributed by atoms with Crippen LogP contribution >= 0.6 is 0 Å². The Morgan fingerprint density at radius 2 is 1.80 bits per heavy atom. The van der Waals surface area contributed by atoms with Gasteiger partial charge in [-0.2, -0.15) is 0 Å². The number of carbonyl (C=O) groups is 2. The van der Waals surface area contributed by atoms with E-state index in [4.69, 9.17) is 0 Å². The number of nitrogens with one attached hydrogen (secondary N) is 1. The summed E-state index contributed by atoms with van der Waals surface area (Å²) in [5, 5.41) is 2.53. The molecule has 1 fully saturated rings. The molecule has 0 bridgehead atoms. The van der Waals surface area contributed by atoms with E-state index in [9.17, 15) is 14.0 Å². The number of amides is 2. The highest BCUT2D eigenvalue weighted by molar-refractivity contribution is 5.96. The van der Waals surface area contributed by atoms with Gasteiger partial charge in [-0.05, 0) is 37.5 Å². The highest BCUT2D eigenvalue weighted by Gasteiger charge is 2.32. The van der Waals surface area contributed by atoms with Crippen molar-refractivity contribution in [2.75, 3.05) is 6.54 Å². The zero-order valence-electron chi connectivity index (χ0n) is 14.2. The lowest BCUT2D eigenvalue weighted by molar-refractivity contribution is -0.131. The van der Waals surface area contributed by atoms with E-state index in [0.717, 1.165) is 18.4 Å². The highest BCUT2D eigenvalue weighted by atomic mass is 19.1. The van der Waals surface area contributed by atoms with E-state index >= 15 is 0 Å². The van der Waals surface area contributed by atoms with Gasteiger partial charge < -0.3 is 10.2 Å². The molecule has 1 aliphatic carbocycles. The zero-order chi connectivity index (χ0) is 17.8. The highest BCUT2D eigenvalue weighted by Crippen LogP contribution is 2.28. The maximum atomic E-state index is 13.6. The van der Waals surface area contributed by atoms with Crippen molar-refractivity contribution >= 4 is 11.8 Å². The maximum absolute atomic E-state index is 13.6. The standard InChI is InChI=1S/C20H21FN2O2/c1-14-6-8-15(9-7-14)13-23(16-10-11-16)19(24)12-22-20(25)17-4-2-3-5-18(17)21/h2-9,16H,10-13H2,1H3,(H,22,25). The Hall–Kier alpha value is -2.69. The topological polar surface area (TPSA) is 49.4 Å². The molecule has 5 heteroatoms. The Bertz CT molecular complexity index is 770. The second-order valence-electron chi connectivity index (χ2n) is 6.40. The number of nitrogens with zero attached hydrogens (tertiary/aromatic N) is 1. The van der Waals surface area contributed by atoms with Crippen LogP contribution in [0.5, 0.6) is 0 Å². The molecular weight excluding hydrogens is 319 g/mol. The Morgan fingerprint density at radius 1 is 1.12 bits per heavy atom. The van der Waals surface area contributed by atoms with Crippen LogP contribution in [0.3, 0.4) is 0 Å². The lowest BCUT2D eigenvalue weighted by Gasteiger charge is -2.23. The lowest BCUT2D eigenvalue weighted by atomic mass is 10.1. The monoisotopic (exact) mass is 340 g/mol. The number of aryl methyl sites for hydroxylation is 1. The quantitative estimate of drug-likeness (QED) is 0.879. The molecule has 0 aromatic heterocycles. The summed E-state index contributed by atoms with van der Waals surface area (Å²) >= 11 is 0. The minimum Gasteiger partial charge on any atom is -0.343 e. The average Bonchev–Trinajstić information content (AvgIpc) is 3.44. The molecule has 1 aliphatic rings. The van der Waals surface area contributed by atoms with Crippen molar-refractivity contribution < 1.29 is 14.0 Å². The molecular formula is C20H21FN2O2. The van der Waals surface area contributed by atoms with Crippen LogP contribution in [0.25, 0.3) is 0 Å². The molecule has 4 nitrogen and oxygen atoms in total. The average molecular weight is 340 g/mol. The molecule has 0 saturated heterocycles. The largest absolute Gasteiger partial charge is 0.343 e. The summed E-state index contributed by atoms with van der Waals surface area (Å²) in [4.78, 5) is 26.4. The van der Waals surface area contributed by atoms with Crippen molar-refractivity contribution in [3.63, 3.8) is 0 Å². The van der Waals surface area contributed by atoms with Crippen LogP contribution in [-0.4, -0.2) is 29.3 Å². The lowest BCUT2D eigenvalue weighted by Crippen LogP contribution is -2.41. The normalized spacial score (nSPS) is 13.4. The third kappa shape index (κ3) is 4.44. The minimum absolute atomic E-state index is 0.0493. The Labute approximate surface area is 146 Å². The van der Waals surface area contributed by atoms with E-state index in [2.05, 4.69) is 5.32 Å². The molecule has 1 saturated carbocycles. The Balaban J connectivity index is 1.60. The van der Waals surface area contributed by atoms with Crippen molar-refractivity contribution in [2.45, 2.75) is 32.4 Å². The van der Waals surface area contributed by atoms with Gasteiger partial charge in [0.25, 0.3) is 5.91 Å². The van der Waals surface area contributed by atoms with E-state index in [1.807, 2.05) is 31.2 Å². The summed E-state index contributed by atoms with van der Waals surface area (Å²) in [5.41, 5.74) is 2.18. The van der Waals surface area contributed by atoms with Crippen LogP contribution in [0, 0.1) is 12.7 Å². The molecule has 25 heavy (non-hydrogen) atoms. The summed E-state index contributed by atoms with van der Waals surface area (Å²) in [6, 6.07) is 14.0. The van der Waals surface area contributed by atoms with Gasteiger partial charge in [0.1, 0.15) is 5.82 Å². The van der Waals surface area contributed by atoms with Crippen molar-refractivity contribution in [2.24, 2.45) is 0 Å². The van der Waals surface area contributed by atoms with Crippen LogP contribution in [0.4, 0.5) is 4.39 Å². The van der Waals surface area contributed by atoms with Gasteiger partial charge >= 0.3 is 0 Å². The van der Waals surface area contributed by atoms with Crippen LogP contribution in [-0.2, 0) is 11.3 Å².